The number of rotatable bonds is 5. The lowest BCUT2D eigenvalue weighted by Crippen LogP contribution is -2.34. The van der Waals surface area contributed by atoms with Crippen LogP contribution in [0.2, 0.25) is 0 Å². The minimum Gasteiger partial charge on any atom is -0.480 e. The van der Waals surface area contributed by atoms with Crippen molar-refractivity contribution in [1.29, 1.82) is 0 Å². The van der Waals surface area contributed by atoms with E-state index in [0.29, 0.717) is 5.75 Å². The van der Waals surface area contributed by atoms with Crippen LogP contribution < -0.4 is 5.73 Å². The third-order valence-electron chi connectivity index (χ3n) is 1.44. The van der Waals surface area contributed by atoms with Crippen LogP contribution in [0, 0.1) is 0 Å². The van der Waals surface area contributed by atoms with Crippen LogP contribution in [0.5, 0.6) is 0 Å². The Bertz CT molecular complexity index is 185. The predicted molar refractivity (Wildman–Crippen MR) is 59.6 cm³/mol. The van der Waals surface area contributed by atoms with Crippen LogP contribution in [0.25, 0.3) is 0 Å². The third-order valence-corrected chi connectivity index (χ3v) is 2.88. The Balaban J connectivity index is 0. The molecule has 0 aromatic carbocycles. The summed E-state index contributed by atoms with van der Waals surface area (Å²) in [5, 5.41) is 8.49. The second-order valence-corrected chi connectivity index (χ2v) is 4.74. The summed E-state index contributed by atoms with van der Waals surface area (Å²) in [5.41, 5.74) is 5.32. The molecule has 0 amide bonds. The molecule has 0 rings (SSSR count). The first kappa shape index (κ1) is 15.3. The molecule has 3 nitrogen and oxygen atoms in total. The van der Waals surface area contributed by atoms with Crippen LogP contribution in [0.3, 0.4) is 0 Å². The first-order valence-electron chi connectivity index (χ1n) is 3.65. The maximum Gasteiger partial charge on any atom is 0.321 e. The molecule has 0 aliphatic rings. The molecule has 0 aromatic rings. The summed E-state index contributed by atoms with van der Waals surface area (Å²) in [6.45, 7) is 7.59. The number of carboxylic acid groups (broad SMARTS) is 1. The summed E-state index contributed by atoms with van der Waals surface area (Å²) < 4.78 is -0.104. The van der Waals surface area contributed by atoms with E-state index in [9.17, 15) is 4.79 Å². The van der Waals surface area contributed by atoms with Gasteiger partial charge in [0.25, 0.3) is 0 Å². The minimum atomic E-state index is -0.956. The molecule has 3 N–H and O–H groups in total. The van der Waals surface area contributed by atoms with Crippen molar-refractivity contribution in [1.82, 2.24) is 0 Å². The molecule has 0 heterocycles. The molecule has 0 saturated carbocycles. The Labute approximate surface area is 89.2 Å². The maximum absolute atomic E-state index is 10.3. The van der Waals surface area contributed by atoms with Crippen LogP contribution in [-0.4, -0.2) is 27.6 Å². The Hall–Kier alpha value is -0.190. The van der Waals surface area contributed by atoms with Crippen LogP contribution in [-0.2, 0) is 4.79 Å². The molecule has 0 unspecified atom stereocenters. The van der Waals surface area contributed by atoms with Gasteiger partial charge < -0.3 is 10.8 Å². The van der Waals surface area contributed by atoms with Crippen molar-refractivity contribution < 1.29 is 9.90 Å². The number of carboxylic acids is 1. The molecule has 0 aliphatic heterocycles. The summed E-state index contributed by atoms with van der Waals surface area (Å²) in [6, 6.07) is -0.783. The topological polar surface area (TPSA) is 63.3 Å². The molecule has 1 atom stereocenters. The van der Waals surface area contributed by atoms with Crippen molar-refractivity contribution in [2.45, 2.75) is 24.6 Å². The molecular weight excluding hydrogens is 210 g/mol. The van der Waals surface area contributed by atoms with Crippen molar-refractivity contribution in [2.24, 2.45) is 5.73 Å². The Morgan fingerprint density at radius 2 is 2.23 bits per heavy atom. The summed E-state index contributed by atoms with van der Waals surface area (Å²) in [6.07, 6.45) is 1.78. The van der Waals surface area contributed by atoms with Gasteiger partial charge in [0.2, 0.25) is 0 Å². The zero-order valence-electron chi connectivity index (χ0n) is 7.82. The first-order valence-corrected chi connectivity index (χ1v) is 4.63. The summed E-state index contributed by atoms with van der Waals surface area (Å²) in [4.78, 5) is 10.3. The van der Waals surface area contributed by atoms with Gasteiger partial charge in [-0.1, -0.05) is 6.08 Å². The molecule has 0 aromatic heterocycles. The molecule has 0 saturated heterocycles. The van der Waals surface area contributed by atoms with E-state index in [1.807, 2.05) is 13.8 Å². The monoisotopic (exact) mass is 225 g/mol. The average Bonchev–Trinajstić information content (AvgIpc) is 2.00. The zero-order valence-corrected chi connectivity index (χ0v) is 9.45. The standard InChI is InChI=1S/C8H15NO2S.ClH/c1-4-8(2,3)12-5-6(9)7(10)11;/h4,6H,1,5,9H2,2-3H3,(H,10,11);1H/t6-;/m0./s1. The average molecular weight is 226 g/mol. The lowest BCUT2D eigenvalue weighted by Gasteiger charge is -2.19. The van der Waals surface area contributed by atoms with Crippen LogP contribution in [0.4, 0.5) is 0 Å². The number of thioether (sulfide) groups is 1. The van der Waals surface area contributed by atoms with Crippen LogP contribution in [0.1, 0.15) is 13.8 Å². The fraction of sp³-hybridized carbons (Fsp3) is 0.625. The van der Waals surface area contributed by atoms with E-state index in [-0.39, 0.29) is 17.2 Å². The maximum atomic E-state index is 10.3. The third kappa shape index (κ3) is 6.93. The van der Waals surface area contributed by atoms with Gasteiger partial charge in [-0.3, -0.25) is 4.79 Å². The largest absolute Gasteiger partial charge is 0.480 e. The van der Waals surface area contributed by atoms with E-state index >= 15 is 0 Å². The zero-order chi connectivity index (χ0) is 9.78. The quantitative estimate of drug-likeness (QED) is 0.697. The SMILES string of the molecule is C=CC(C)(C)SC[C@H](N)C(=O)O.Cl. The van der Waals surface area contributed by atoms with E-state index in [0.717, 1.165) is 0 Å². The fourth-order valence-corrected chi connectivity index (χ4v) is 1.30. The van der Waals surface area contributed by atoms with Crippen molar-refractivity contribution in [3.8, 4) is 0 Å². The highest BCUT2D eigenvalue weighted by Gasteiger charge is 2.18. The number of hydrogen-bond acceptors (Lipinski definition) is 3. The lowest BCUT2D eigenvalue weighted by atomic mass is 10.2. The van der Waals surface area contributed by atoms with Crippen molar-refractivity contribution in [2.75, 3.05) is 5.75 Å². The Morgan fingerprint density at radius 3 is 2.54 bits per heavy atom. The smallest absolute Gasteiger partial charge is 0.321 e. The molecule has 0 radical (unpaired) electrons. The van der Waals surface area contributed by atoms with Gasteiger partial charge in [0, 0.05) is 10.5 Å². The van der Waals surface area contributed by atoms with E-state index in [4.69, 9.17) is 10.8 Å². The molecule has 0 spiro atoms. The van der Waals surface area contributed by atoms with Gasteiger partial charge in [-0.25, -0.2) is 0 Å². The van der Waals surface area contributed by atoms with E-state index in [1.165, 1.54) is 11.8 Å². The second-order valence-electron chi connectivity index (χ2n) is 3.06. The number of hydrogen-bond donors (Lipinski definition) is 2. The highest BCUT2D eigenvalue weighted by Crippen LogP contribution is 2.25. The van der Waals surface area contributed by atoms with Crippen molar-refractivity contribution in [3.05, 3.63) is 12.7 Å². The second kappa shape index (κ2) is 6.29. The number of nitrogens with two attached hydrogens (primary N) is 1. The van der Waals surface area contributed by atoms with Gasteiger partial charge in [-0.2, -0.15) is 0 Å². The summed E-state index contributed by atoms with van der Waals surface area (Å²) in [7, 11) is 0. The molecule has 0 fully saturated rings. The Kier molecular flexibility index (Phi) is 7.40. The summed E-state index contributed by atoms with van der Waals surface area (Å²) in [5.74, 6) is -0.545. The van der Waals surface area contributed by atoms with Crippen molar-refractivity contribution in [3.63, 3.8) is 0 Å². The number of halogens is 1. The lowest BCUT2D eigenvalue weighted by molar-refractivity contribution is -0.137. The first-order chi connectivity index (χ1) is 5.39. The molecule has 13 heavy (non-hydrogen) atoms. The molecular formula is C8H16ClNO2S. The van der Waals surface area contributed by atoms with E-state index < -0.39 is 12.0 Å². The number of carbonyl (C=O) groups is 1. The van der Waals surface area contributed by atoms with Gasteiger partial charge in [-0.15, -0.1) is 30.7 Å². The van der Waals surface area contributed by atoms with Gasteiger partial charge in [0.05, 0.1) is 0 Å². The van der Waals surface area contributed by atoms with E-state index in [2.05, 4.69) is 6.58 Å². The number of aliphatic carboxylic acids is 1. The van der Waals surface area contributed by atoms with Crippen molar-refractivity contribution >= 4 is 30.1 Å². The van der Waals surface area contributed by atoms with Crippen LogP contribution >= 0.6 is 24.2 Å². The minimum absolute atomic E-state index is 0. The normalized spacial score (nSPS) is 12.8. The Morgan fingerprint density at radius 1 is 1.77 bits per heavy atom. The van der Waals surface area contributed by atoms with Crippen LogP contribution in [0.15, 0.2) is 12.7 Å². The molecule has 78 valence electrons. The predicted octanol–water partition coefficient (Wildman–Crippen LogP) is 1.52. The molecule has 0 aliphatic carbocycles. The van der Waals surface area contributed by atoms with Gasteiger partial charge >= 0.3 is 5.97 Å². The van der Waals surface area contributed by atoms with E-state index in [1.54, 1.807) is 6.08 Å². The van der Waals surface area contributed by atoms with Gasteiger partial charge in [-0.05, 0) is 13.8 Å². The molecule has 5 heteroatoms. The van der Waals surface area contributed by atoms with Gasteiger partial charge in [0.1, 0.15) is 6.04 Å². The fourth-order valence-electron chi connectivity index (χ4n) is 0.435. The van der Waals surface area contributed by atoms with Gasteiger partial charge in [0.15, 0.2) is 0 Å². The highest BCUT2D eigenvalue weighted by atomic mass is 35.5. The molecule has 0 bridgehead atoms. The highest BCUT2D eigenvalue weighted by molar-refractivity contribution is 8.00. The summed E-state index contributed by atoms with van der Waals surface area (Å²) >= 11 is 1.49.